The van der Waals surface area contributed by atoms with Crippen LogP contribution in [-0.2, 0) is 10.1 Å². The monoisotopic (exact) mass is 321 g/mol. The normalized spacial score (nSPS) is 11.0. The van der Waals surface area contributed by atoms with Gasteiger partial charge in [0, 0.05) is 0 Å². The molecule has 0 saturated carbocycles. The molecule has 21 heavy (non-hydrogen) atoms. The van der Waals surface area contributed by atoms with Crippen LogP contribution in [0.1, 0.15) is 16.7 Å². The van der Waals surface area contributed by atoms with Gasteiger partial charge in [0.05, 0.1) is 16.7 Å². The Labute approximate surface area is 128 Å². The van der Waals surface area contributed by atoms with Gasteiger partial charge < -0.3 is 4.18 Å². The lowest BCUT2D eigenvalue weighted by atomic mass is 10.1. The Kier molecular flexibility index (Phi) is 4.21. The van der Waals surface area contributed by atoms with E-state index in [0.29, 0.717) is 5.56 Å². The van der Waals surface area contributed by atoms with Crippen molar-refractivity contribution in [2.45, 2.75) is 18.7 Å². The van der Waals surface area contributed by atoms with E-state index in [1.54, 1.807) is 12.1 Å². The summed E-state index contributed by atoms with van der Waals surface area (Å²) in [4.78, 5) is 0.0611. The van der Waals surface area contributed by atoms with Crippen molar-refractivity contribution in [1.82, 2.24) is 0 Å². The summed E-state index contributed by atoms with van der Waals surface area (Å²) in [5.74, 6) is -0.00565. The highest BCUT2D eigenvalue weighted by molar-refractivity contribution is 7.87. The molecule has 0 aliphatic heterocycles. The highest BCUT2D eigenvalue weighted by Crippen LogP contribution is 2.28. The first-order chi connectivity index (χ1) is 9.83. The molecule has 0 fully saturated rings. The molecule has 108 valence electrons. The summed E-state index contributed by atoms with van der Waals surface area (Å²) in [6.07, 6.45) is 0. The summed E-state index contributed by atoms with van der Waals surface area (Å²) in [6.45, 7) is 3.72. The summed E-state index contributed by atoms with van der Waals surface area (Å²) in [7, 11) is -3.96. The van der Waals surface area contributed by atoms with Crippen LogP contribution in [-0.4, -0.2) is 8.42 Å². The molecule has 0 radical (unpaired) electrons. The second-order valence-electron chi connectivity index (χ2n) is 4.54. The topological polar surface area (TPSA) is 67.2 Å². The third-order valence-electron chi connectivity index (χ3n) is 3.03. The van der Waals surface area contributed by atoms with E-state index in [-0.39, 0.29) is 15.7 Å². The van der Waals surface area contributed by atoms with E-state index in [1.807, 2.05) is 19.9 Å². The zero-order chi connectivity index (χ0) is 15.6. The second kappa shape index (κ2) is 5.76. The van der Waals surface area contributed by atoms with E-state index in [0.717, 1.165) is 11.1 Å². The summed E-state index contributed by atoms with van der Waals surface area (Å²) in [6, 6.07) is 10.8. The molecule has 0 spiro atoms. The Hall–Kier alpha value is -2.03. The third-order valence-corrected chi connectivity index (χ3v) is 4.55. The molecule has 2 aromatic carbocycles. The summed E-state index contributed by atoms with van der Waals surface area (Å²) >= 11 is 5.92. The lowest BCUT2D eigenvalue weighted by molar-refractivity contribution is 0.486. The first-order valence-electron chi connectivity index (χ1n) is 6.05. The van der Waals surface area contributed by atoms with Gasteiger partial charge in [0.1, 0.15) is 4.90 Å². The van der Waals surface area contributed by atoms with Gasteiger partial charge >= 0.3 is 10.1 Å². The minimum atomic E-state index is -3.96. The minimum Gasteiger partial charge on any atom is -0.377 e. The van der Waals surface area contributed by atoms with Gasteiger partial charge in [-0.3, -0.25) is 0 Å². The zero-order valence-corrected chi connectivity index (χ0v) is 13.0. The molecule has 0 amide bonds. The van der Waals surface area contributed by atoms with Crippen LogP contribution in [0.5, 0.6) is 5.75 Å². The Morgan fingerprint density at radius 3 is 2.38 bits per heavy atom. The largest absolute Gasteiger partial charge is 0.377 e. The minimum absolute atomic E-state index is 0.00565. The number of aryl methyl sites for hydroxylation is 2. The summed E-state index contributed by atoms with van der Waals surface area (Å²) < 4.78 is 29.5. The number of nitriles is 1. The van der Waals surface area contributed by atoms with Crippen molar-refractivity contribution in [1.29, 1.82) is 5.26 Å². The standard InChI is InChI=1S/C15H12ClNO3S/c1-10-3-5-13(7-11(10)2)21(18,19)20-15-6-4-12(9-17)8-14(15)16/h3-8H,1-2H3. The first-order valence-corrected chi connectivity index (χ1v) is 7.83. The molecule has 0 aliphatic carbocycles. The van der Waals surface area contributed by atoms with Gasteiger partial charge in [0.25, 0.3) is 0 Å². The van der Waals surface area contributed by atoms with Crippen LogP contribution in [0.3, 0.4) is 0 Å². The van der Waals surface area contributed by atoms with Crippen molar-refractivity contribution in [3.8, 4) is 11.8 Å². The lowest BCUT2D eigenvalue weighted by Crippen LogP contribution is -2.10. The van der Waals surface area contributed by atoms with Crippen LogP contribution < -0.4 is 4.18 Å². The van der Waals surface area contributed by atoms with Crippen LogP contribution in [0, 0.1) is 25.2 Å². The van der Waals surface area contributed by atoms with Crippen LogP contribution in [0.2, 0.25) is 5.02 Å². The Bertz CT molecular complexity index is 838. The summed E-state index contributed by atoms with van der Waals surface area (Å²) in [5, 5.41) is 8.82. The van der Waals surface area contributed by atoms with E-state index in [9.17, 15) is 8.42 Å². The Balaban J connectivity index is 2.37. The molecular weight excluding hydrogens is 310 g/mol. The molecule has 0 bridgehead atoms. The fraction of sp³-hybridized carbons (Fsp3) is 0.133. The SMILES string of the molecule is Cc1ccc(S(=O)(=O)Oc2ccc(C#N)cc2Cl)cc1C. The number of hydrogen-bond donors (Lipinski definition) is 0. The van der Waals surface area contributed by atoms with E-state index >= 15 is 0 Å². The van der Waals surface area contributed by atoms with Gasteiger partial charge in [-0.1, -0.05) is 17.7 Å². The smallest absolute Gasteiger partial charge is 0.339 e. The van der Waals surface area contributed by atoms with Crippen molar-refractivity contribution in [2.24, 2.45) is 0 Å². The molecular formula is C15H12ClNO3S. The molecule has 0 aliphatic rings. The van der Waals surface area contributed by atoms with Crippen molar-refractivity contribution in [3.63, 3.8) is 0 Å². The van der Waals surface area contributed by atoms with Crippen molar-refractivity contribution in [3.05, 3.63) is 58.1 Å². The van der Waals surface area contributed by atoms with E-state index in [4.69, 9.17) is 21.0 Å². The maximum absolute atomic E-state index is 12.2. The predicted molar refractivity (Wildman–Crippen MR) is 79.9 cm³/mol. The molecule has 6 heteroatoms. The summed E-state index contributed by atoms with van der Waals surface area (Å²) in [5.41, 5.74) is 2.17. The molecule has 0 atom stereocenters. The number of hydrogen-bond acceptors (Lipinski definition) is 4. The molecule has 4 nitrogen and oxygen atoms in total. The van der Waals surface area contributed by atoms with Gasteiger partial charge in [0.15, 0.2) is 5.75 Å². The van der Waals surface area contributed by atoms with Crippen molar-refractivity contribution < 1.29 is 12.6 Å². The molecule has 0 N–H and O–H groups in total. The van der Waals surface area contributed by atoms with E-state index in [2.05, 4.69) is 0 Å². The molecule has 2 rings (SSSR count). The second-order valence-corrected chi connectivity index (χ2v) is 6.49. The quantitative estimate of drug-likeness (QED) is 0.810. The van der Waals surface area contributed by atoms with Crippen LogP contribution in [0.15, 0.2) is 41.3 Å². The molecule has 2 aromatic rings. The van der Waals surface area contributed by atoms with Crippen LogP contribution >= 0.6 is 11.6 Å². The maximum Gasteiger partial charge on any atom is 0.339 e. The van der Waals surface area contributed by atoms with E-state index in [1.165, 1.54) is 24.3 Å². The van der Waals surface area contributed by atoms with Crippen molar-refractivity contribution >= 4 is 21.7 Å². The van der Waals surface area contributed by atoms with Gasteiger partial charge in [-0.15, -0.1) is 0 Å². The average Bonchev–Trinajstić information content (AvgIpc) is 2.43. The van der Waals surface area contributed by atoms with Crippen LogP contribution in [0.25, 0.3) is 0 Å². The average molecular weight is 322 g/mol. The number of rotatable bonds is 3. The molecule has 0 unspecified atom stereocenters. The Morgan fingerprint density at radius 1 is 1.10 bits per heavy atom. The molecule has 0 heterocycles. The molecule has 0 aromatic heterocycles. The van der Waals surface area contributed by atoms with Gasteiger partial charge in [-0.05, 0) is 55.3 Å². The highest BCUT2D eigenvalue weighted by Gasteiger charge is 2.19. The zero-order valence-electron chi connectivity index (χ0n) is 11.4. The number of halogens is 1. The maximum atomic E-state index is 12.2. The fourth-order valence-corrected chi connectivity index (χ4v) is 2.97. The number of nitrogens with zero attached hydrogens (tertiary/aromatic N) is 1. The first kappa shape index (κ1) is 15.4. The third kappa shape index (κ3) is 3.35. The van der Waals surface area contributed by atoms with Gasteiger partial charge in [-0.2, -0.15) is 13.7 Å². The van der Waals surface area contributed by atoms with Gasteiger partial charge in [-0.25, -0.2) is 0 Å². The molecule has 0 saturated heterocycles. The van der Waals surface area contributed by atoms with Gasteiger partial charge in [0.2, 0.25) is 0 Å². The van der Waals surface area contributed by atoms with Crippen LogP contribution in [0.4, 0.5) is 0 Å². The predicted octanol–water partition coefficient (Wildman–Crippen LogP) is 3.60. The Morgan fingerprint density at radius 2 is 1.81 bits per heavy atom. The van der Waals surface area contributed by atoms with Crippen molar-refractivity contribution in [2.75, 3.05) is 0 Å². The lowest BCUT2D eigenvalue weighted by Gasteiger charge is -2.10. The fourth-order valence-electron chi connectivity index (χ4n) is 1.67. The van der Waals surface area contributed by atoms with E-state index < -0.39 is 10.1 Å². The number of benzene rings is 2. The highest BCUT2D eigenvalue weighted by atomic mass is 35.5.